The molecule has 11 heavy (non-hydrogen) atoms. The molecule has 0 bridgehead atoms. The van der Waals surface area contributed by atoms with Crippen LogP contribution in [0.4, 0.5) is 4.79 Å². The van der Waals surface area contributed by atoms with E-state index in [1.165, 1.54) is 0 Å². The molecule has 0 unspecified atom stereocenters. The largest absolute Gasteiger partial charge is 0.338 e. The molecule has 0 aromatic carbocycles. The number of amides is 2. The van der Waals surface area contributed by atoms with Crippen LogP contribution in [0.1, 0.15) is 20.8 Å². The Morgan fingerprint density at radius 3 is 2.55 bits per heavy atom. The molecule has 0 spiro atoms. The summed E-state index contributed by atoms with van der Waals surface area (Å²) in [5.41, 5.74) is -0.570. The molecular formula is C8H14N2O. The maximum Gasteiger partial charge on any atom is 0.315 e. The molecule has 0 saturated carbocycles. The predicted molar refractivity (Wildman–Crippen MR) is 45.1 cm³/mol. The van der Waals surface area contributed by atoms with Crippen molar-refractivity contribution in [1.82, 2.24) is 10.6 Å². The molecule has 0 aliphatic carbocycles. The summed E-state index contributed by atoms with van der Waals surface area (Å²) in [6.45, 7) is 5.99. The molecule has 0 atom stereocenters. The van der Waals surface area contributed by atoms with Gasteiger partial charge in [-0.15, -0.1) is 6.42 Å². The lowest BCUT2D eigenvalue weighted by molar-refractivity contribution is 0.236. The van der Waals surface area contributed by atoms with Crippen molar-refractivity contribution >= 4 is 6.03 Å². The summed E-state index contributed by atoms with van der Waals surface area (Å²) in [6, 6.07) is -0.226. The molecule has 2 N–H and O–H groups in total. The van der Waals surface area contributed by atoms with E-state index in [1.807, 2.05) is 6.92 Å². The number of terminal acetylenes is 1. The summed E-state index contributed by atoms with van der Waals surface area (Å²) in [4.78, 5) is 10.9. The molecule has 0 saturated heterocycles. The van der Waals surface area contributed by atoms with E-state index in [1.54, 1.807) is 13.8 Å². The monoisotopic (exact) mass is 154 g/mol. The zero-order chi connectivity index (χ0) is 8.91. The first-order valence-corrected chi connectivity index (χ1v) is 3.55. The van der Waals surface area contributed by atoms with Crippen LogP contribution in [-0.2, 0) is 0 Å². The van der Waals surface area contributed by atoms with Gasteiger partial charge in [0.2, 0.25) is 0 Å². The Morgan fingerprint density at radius 1 is 1.64 bits per heavy atom. The van der Waals surface area contributed by atoms with Gasteiger partial charge in [0.1, 0.15) is 0 Å². The summed E-state index contributed by atoms with van der Waals surface area (Å²) in [5.74, 6) is 2.46. The lowest BCUT2D eigenvalue weighted by Crippen LogP contribution is -2.47. The van der Waals surface area contributed by atoms with Crippen molar-refractivity contribution in [2.45, 2.75) is 26.3 Å². The second kappa shape index (κ2) is 3.87. The van der Waals surface area contributed by atoms with Gasteiger partial charge in [0, 0.05) is 6.54 Å². The van der Waals surface area contributed by atoms with Gasteiger partial charge < -0.3 is 10.6 Å². The van der Waals surface area contributed by atoms with Crippen molar-refractivity contribution in [2.24, 2.45) is 0 Å². The van der Waals surface area contributed by atoms with Crippen molar-refractivity contribution in [3.8, 4) is 12.3 Å². The molecule has 0 aliphatic rings. The number of rotatable bonds is 2. The molecule has 0 aromatic heterocycles. The third kappa shape index (κ3) is 4.26. The van der Waals surface area contributed by atoms with E-state index in [4.69, 9.17) is 6.42 Å². The average molecular weight is 154 g/mol. The highest BCUT2D eigenvalue weighted by molar-refractivity contribution is 5.75. The first-order chi connectivity index (χ1) is 5.02. The van der Waals surface area contributed by atoms with E-state index >= 15 is 0 Å². The van der Waals surface area contributed by atoms with Crippen LogP contribution in [-0.4, -0.2) is 18.1 Å². The van der Waals surface area contributed by atoms with Crippen molar-refractivity contribution in [3.63, 3.8) is 0 Å². The predicted octanol–water partition coefficient (Wildman–Crippen LogP) is 0.717. The van der Waals surface area contributed by atoms with Crippen LogP contribution < -0.4 is 10.6 Å². The zero-order valence-electron chi connectivity index (χ0n) is 7.19. The fourth-order valence-corrected chi connectivity index (χ4v) is 0.525. The smallest absolute Gasteiger partial charge is 0.315 e. The Balaban J connectivity index is 3.86. The van der Waals surface area contributed by atoms with Crippen LogP contribution >= 0.6 is 0 Å². The summed E-state index contributed by atoms with van der Waals surface area (Å²) >= 11 is 0. The number of hydrogen-bond donors (Lipinski definition) is 2. The molecule has 0 aliphatic heterocycles. The van der Waals surface area contributed by atoms with Crippen LogP contribution in [0.25, 0.3) is 0 Å². The number of carbonyl (C=O) groups is 1. The molecule has 0 fully saturated rings. The van der Waals surface area contributed by atoms with Crippen LogP contribution in [0.5, 0.6) is 0 Å². The molecule has 2 amide bonds. The highest BCUT2D eigenvalue weighted by Gasteiger charge is 2.15. The molecule has 3 heteroatoms. The van der Waals surface area contributed by atoms with Crippen LogP contribution in [0.2, 0.25) is 0 Å². The number of urea groups is 1. The van der Waals surface area contributed by atoms with Gasteiger partial charge in [0.15, 0.2) is 0 Å². The lowest BCUT2D eigenvalue weighted by atomic mass is 10.1. The second-order valence-corrected chi connectivity index (χ2v) is 2.75. The van der Waals surface area contributed by atoms with E-state index in [0.29, 0.717) is 6.54 Å². The molecule has 0 radical (unpaired) electrons. The fourth-order valence-electron chi connectivity index (χ4n) is 0.525. The molecule has 0 aromatic rings. The number of hydrogen-bond acceptors (Lipinski definition) is 1. The van der Waals surface area contributed by atoms with Gasteiger partial charge in [0.25, 0.3) is 0 Å². The average Bonchev–Trinajstić information content (AvgIpc) is 1.87. The molecule has 3 nitrogen and oxygen atoms in total. The Bertz CT molecular complexity index is 179. The van der Waals surface area contributed by atoms with Crippen molar-refractivity contribution in [3.05, 3.63) is 0 Å². The third-order valence-corrected chi connectivity index (χ3v) is 1.12. The van der Waals surface area contributed by atoms with Gasteiger partial charge in [0.05, 0.1) is 5.54 Å². The van der Waals surface area contributed by atoms with Crippen LogP contribution in [0, 0.1) is 12.3 Å². The Morgan fingerprint density at radius 2 is 2.18 bits per heavy atom. The van der Waals surface area contributed by atoms with Crippen LogP contribution in [0.3, 0.4) is 0 Å². The topological polar surface area (TPSA) is 41.1 Å². The standard InChI is InChI=1S/C8H14N2O/c1-5-8(3,4)10-7(11)9-6-2/h1H,6H2,2-4H3,(H2,9,10,11). The minimum Gasteiger partial charge on any atom is -0.338 e. The van der Waals surface area contributed by atoms with Gasteiger partial charge in [-0.2, -0.15) is 0 Å². The number of nitrogens with one attached hydrogen (secondary N) is 2. The Labute approximate surface area is 67.6 Å². The number of carbonyl (C=O) groups excluding carboxylic acids is 1. The van der Waals surface area contributed by atoms with E-state index in [-0.39, 0.29) is 6.03 Å². The van der Waals surface area contributed by atoms with E-state index < -0.39 is 5.54 Å². The van der Waals surface area contributed by atoms with Crippen molar-refractivity contribution < 1.29 is 4.79 Å². The van der Waals surface area contributed by atoms with E-state index in [2.05, 4.69) is 16.6 Å². The molecular weight excluding hydrogens is 140 g/mol. The molecule has 0 rings (SSSR count). The maximum atomic E-state index is 10.9. The first-order valence-electron chi connectivity index (χ1n) is 3.55. The van der Waals surface area contributed by atoms with Crippen molar-refractivity contribution in [1.29, 1.82) is 0 Å². The SMILES string of the molecule is C#CC(C)(C)NC(=O)NCC. The third-order valence-electron chi connectivity index (χ3n) is 1.12. The minimum atomic E-state index is -0.570. The van der Waals surface area contributed by atoms with Gasteiger partial charge >= 0.3 is 6.03 Å². The Kier molecular flexibility index (Phi) is 3.46. The quantitative estimate of drug-likeness (QED) is 0.565. The summed E-state index contributed by atoms with van der Waals surface area (Å²) in [7, 11) is 0. The Hall–Kier alpha value is -1.17. The van der Waals surface area contributed by atoms with E-state index in [9.17, 15) is 4.79 Å². The highest BCUT2D eigenvalue weighted by atomic mass is 16.2. The summed E-state index contributed by atoms with van der Waals surface area (Å²) in [5, 5.41) is 5.21. The first kappa shape index (κ1) is 9.83. The summed E-state index contributed by atoms with van der Waals surface area (Å²) in [6.07, 6.45) is 5.16. The highest BCUT2D eigenvalue weighted by Crippen LogP contribution is 1.97. The lowest BCUT2D eigenvalue weighted by Gasteiger charge is -2.19. The zero-order valence-corrected chi connectivity index (χ0v) is 7.19. The van der Waals surface area contributed by atoms with E-state index in [0.717, 1.165) is 0 Å². The molecule has 62 valence electrons. The van der Waals surface area contributed by atoms with Gasteiger partial charge in [-0.1, -0.05) is 5.92 Å². The second-order valence-electron chi connectivity index (χ2n) is 2.75. The molecule has 0 heterocycles. The minimum absolute atomic E-state index is 0.226. The maximum absolute atomic E-state index is 10.9. The normalized spacial score (nSPS) is 10.0. The van der Waals surface area contributed by atoms with Gasteiger partial charge in [-0.05, 0) is 20.8 Å². The fraction of sp³-hybridized carbons (Fsp3) is 0.625. The summed E-state index contributed by atoms with van der Waals surface area (Å²) < 4.78 is 0. The van der Waals surface area contributed by atoms with Crippen molar-refractivity contribution in [2.75, 3.05) is 6.54 Å². The van der Waals surface area contributed by atoms with Crippen LogP contribution in [0.15, 0.2) is 0 Å². The van der Waals surface area contributed by atoms with Gasteiger partial charge in [-0.3, -0.25) is 0 Å². The van der Waals surface area contributed by atoms with Gasteiger partial charge in [-0.25, -0.2) is 4.79 Å².